The van der Waals surface area contributed by atoms with Crippen LogP contribution in [0.2, 0.25) is 5.02 Å². The van der Waals surface area contributed by atoms with E-state index in [2.05, 4.69) is 58.4 Å². The van der Waals surface area contributed by atoms with Crippen molar-refractivity contribution in [2.45, 2.75) is 18.9 Å². The van der Waals surface area contributed by atoms with Gasteiger partial charge in [-0.1, -0.05) is 60.1 Å². The van der Waals surface area contributed by atoms with Gasteiger partial charge in [-0.25, -0.2) is 0 Å². The van der Waals surface area contributed by atoms with Gasteiger partial charge in [0.25, 0.3) is 5.91 Å². The molecule has 0 atom stereocenters. The molecular formula is C25H24ClN3O. The largest absolute Gasteiger partial charge is 0.336 e. The van der Waals surface area contributed by atoms with Crippen molar-refractivity contribution in [3.8, 4) is 0 Å². The van der Waals surface area contributed by atoms with E-state index in [-0.39, 0.29) is 11.9 Å². The van der Waals surface area contributed by atoms with Crippen LogP contribution in [0.5, 0.6) is 0 Å². The lowest BCUT2D eigenvalue weighted by molar-refractivity contribution is 0.0596. The zero-order chi connectivity index (χ0) is 20.5. The fourth-order valence-corrected chi connectivity index (χ4v) is 4.96. The number of benzene rings is 2. The molecule has 0 saturated carbocycles. The standard InChI is InChI=1S/C25H24ClN3O/c26-23-11-12-27-17-22(23)25(30)29-15-13-28(14-16-29)24-20-7-3-1-5-18(20)9-10-19-6-2-4-8-21(19)24/h1-8,11-12,17,24H,9-10,13-16H2. The van der Waals surface area contributed by atoms with Crippen molar-refractivity contribution < 1.29 is 4.79 Å². The van der Waals surface area contributed by atoms with Crippen molar-refractivity contribution in [3.63, 3.8) is 0 Å². The fraction of sp³-hybridized carbons (Fsp3) is 0.280. The summed E-state index contributed by atoms with van der Waals surface area (Å²) in [5.41, 5.74) is 6.14. The van der Waals surface area contributed by atoms with Gasteiger partial charge in [-0.2, -0.15) is 0 Å². The molecule has 3 aromatic rings. The summed E-state index contributed by atoms with van der Waals surface area (Å²) in [6.07, 6.45) is 5.32. The van der Waals surface area contributed by atoms with Crippen LogP contribution >= 0.6 is 11.6 Å². The Kier molecular flexibility index (Phi) is 5.28. The van der Waals surface area contributed by atoms with Crippen molar-refractivity contribution >= 4 is 17.5 Å². The van der Waals surface area contributed by atoms with Gasteiger partial charge >= 0.3 is 0 Å². The molecular weight excluding hydrogens is 394 g/mol. The van der Waals surface area contributed by atoms with Crippen molar-refractivity contribution in [3.05, 3.63) is 99.8 Å². The van der Waals surface area contributed by atoms with Gasteiger partial charge in [0.15, 0.2) is 0 Å². The highest BCUT2D eigenvalue weighted by Gasteiger charge is 2.32. The average Bonchev–Trinajstić information content (AvgIpc) is 2.96. The number of pyridine rings is 1. The van der Waals surface area contributed by atoms with Gasteiger partial charge in [-0.05, 0) is 41.2 Å². The van der Waals surface area contributed by atoms with Crippen LogP contribution in [0.3, 0.4) is 0 Å². The molecule has 4 nitrogen and oxygen atoms in total. The molecule has 30 heavy (non-hydrogen) atoms. The molecule has 1 aliphatic carbocycles. The number of piperazine rings is 1. The number of carbonyl (C=O) groups is 1. The van der Waals surface area contributed by atoms with E-state index in [4.69, 9.17) is 11.6 Å². The van der Waals surface area contributed by atoms with E-state index < -0.39 is 0 Å². The van der Waals surface area contributed by atoms with Gasteiger partial charge in [0.2, 0.25) is 0 Å². The fourth-order valence-electron chi connectivity index (χ4n) is 4.78. The molecule has 1 aliphatic heterocycles. The molecule has 1 saturated heterocycles. The lowest BCUT2D eigenvalue weighted by atomic mass is 9.92. The average molecular weight is 418 g/mol. The van der Waals surface area contributed by atoms with Crippen LogP contribution in [-0.2, 0) is 12.8 Å². The Labute approximate surface area is 182 Å². The third-order valence-electron chi connectivity index (χ3n) is 6.33. The van der Waals surface area contributed by atoms with E-state index in [0.29, 0.717) is 23.7 Å². The van der Waals surface area contributed by atoms with Gasteiger partial charge in [-0.15, -0.1) is 0 Å². The van der Waals surface area contributed by atoms with Crippen LogP contribution in [0.1, 0.15) is 38.7 Å². The predicted octanol–water partition coefficient (Wildman–Crippen LogP) is 4.38. The van der Waals surface area contributed by atoms with Crippen molar-refractivity contribution in [2.75, 3.05) is 26.2 Å². The smallest absolute Gasteiger partial charge is 0.257 e. The van der Waals surface area contributed by atoms with Crippen LogP contribution in [0.15, 0.2) is 67.0 Å². The molecule has 2 heterocycles. The first kappa shape index (κ1) is 19.3. The van der Waals surface area contributed by atoms with Gasteiger partial charge in [0.05, 0.1) is 16.6 Å². The highest BCUT2D eigenvalue weighted by atomic mass is 35.5. The quantitative estimate of drug-likeness (QED) is 0.620. The summed E-state index contributed by atoms with van der Waals surface area (Å²) in [5.74, 6) is -0.0329. The minimum absolute atomic E-state index is 0.0329. The second kappa shape index (κ2) is 8.21. The van der Waals surface area contributed by atoms with Gasteiger partial charge in [-0.3, -0.25) is 14.7 Å². The first-order valence-electron chi connectivity index (χ1n) is 10.5. The maximum atomic E-state index is 12.9. The van der Waals surface area contributed by atoms with Crippen LogP contribution in [0.25, 0.3) is 0 Å². The lowest BCUT2D eigenvalue weighted by Gasteiger charge is -2.40. The lowest BCUT2D eigenvalue weighted by Crippen LogP contribution is -2.50. The van der Waals surface area contributed by atoms with Crippen LogP contribution < -0.4 is 0 Å². The number of nitrogens with zero attached hydrogens (tertiary/aromatic N) is 3. The molecule has 5 heteroatoms. The summed E-state index contributed by atoms with van der Waals surface area (Å²) < 4.78 is 0. The summed E-state index contributed by atoms with van der Waals surface area (Å²) in [4.78, 5) is 21.4. The van der Waals surface area contributed by atoms with E-state index in [1.54, 1.807) is 18.5 Å². The third kappa shape index (κ3) is 3.51. The van der Waals surface area contributed by atoms with E-state index in [1.165, 1.54) is 22.3 Å². The van der Waals surface area contributed by atoms with E-state index >= 15 is 0 Å². The van der Waals surface area contributed by atoms with Gasteiger partial charge in [0, 0.05) is 38.6 Å². The molecule has 0 unspecified atom stereocenters. The summed E-state index contributed by atoms with van der Waals surface area (Å²) in [6.45, 7) is 3.03. The molecule has 0 spiro atoms. The van der Waals surface area contributed by atoms with Crippen molar-refractivity contribution in [2.24, 2.45) is 0 Å². The van der Waals surface area contributed by atoms with Gasteiger partial charge < -0.3 is 4.90 Å². The summed E-state index contributed by atoms with van der Waals surface area (Å²) in [6, 6.07) is 19.5. The molecule has 2 aliphatic rings. The number of carbonyl (C=O) groups excluding carboxylic acids is 1. The number of fused-ring (bicyclic) bond motifs is 2. The monoisotopic (exact) mass is 417 g/mol. The molecule has 1 fully saturated rings. The second-order valence-electron chi connectivity index (χ2n) is 7.98. The number of hydrogen-bond acceptors (Lipinski definition) is 3. The zero-order valence-corrected chi connectivity index (χ0v) is 17.6. The summed E-state index contributed by atoms with van der Waals surface area (Å²) >= 11 is 6.22. The first-order chi connectivity index (χ1) is 14.7. The highest BCUT2D eigenvalue weighted by Crippen LogP contribution is 2.37. The summed E-state index contributed by atoms with van der Waals surface area (Å²) in [7, 11) is 0. The van der Waals surface area contributed by atoms with E-state index in [9.17, 15) is 4.79 Å². The van der Waals surface area contributed by atoms with E-state index in [1.807, 2.05) is 4.90 Å². The van der Waals surface area contributed by atoms with Crippen molar-refractivity contribution in [1.82, 2.24) is 14.8 Å². The molecule has 152 valence electrons. The molecule has 0 N–H and O–H groups in total. The Morgan fingerprint density at radius 2 is 1.47 bits per heavy atom. The molecule has 1 aromatic heterocycles. The van der Waals surface area contributed by atoms with Crippen LogP contribution in [0.4, 0.5) is 0 Å². The zero-order valence-electron chi connectivity index (χ0n) is 16.8. The number of aryl methyl sites for hydroxylation is 2. The molecule has 1 amide bonds. The highest BCUT2D eigenvalue weighted by molar-refractivity contribution is 6.33. The molecule has 0 radical (unpaired) electrons. The molecule has 0 bridgehead atoms. The minimum Gasteiger partial charge on any atom is -0.336 e. The maximum Gasteiger partial charge on any atom is 0.257 e. The predicted molar refractivity (Wildman–Crippen MR) is 119 cm³/mol. The number of halogens is 1. The Balaban J connectivity index is 1.41. The molecule has 2 aromatic carbocycles. The number of rotatable bonds is 2. The summed E-state index contributed by atoms with van der Waals surface area (Å²) in [5, 5.41) is 0.462. The van der Waals surface area contributed by atoms with Gasteiger partial charge in [0.1, 0.15) is 0 Å². The number of hydrogen-bond donors (Lipinski definition) is 0. The van der Waals surface area contributed by atoms with Crippen LogP contribution in [-0.4, -0.2) is 46.9 Å². The Morgan fingerprint density at radius 1 is 0.867 bits per heavy atom. The number of aromatic nitrogens is 1. The SMILES string of the molecule is O=C(c1cnccc1Cl)N1CCN(C2c3ccccc3CCc3ccccc32)CC1. The Hall–Kier alpha value is -2.69. The molecule has 5 rings (SSSR count). The first-order valence-corrected chi connectivity index (χ1v) is 10.9. The van der Waals surface area contributed by atoms with Crippen molar-refractivity contribution in [1.29, 1.82) is 0 Å². The topological polar surface area (TPSA) is 36.4 Å². The van der Waals surface area contributed by atoms with Crippen LogP contribution in [0, 0.1) is 0 Å². The number of amides is 1. The second-order valence-corrected chi connectivity index (χ2v) is 8.39. The van der Waals surface area contributed by atoms with E-state index in [0.717, 1.165) is 25.9 Å². The Morgan fingerprint density at radius 3 is 2.07 bits per heavy atom. The Bertz CT molecular complexity index is 1030. The normalized spacial score (nSPS) is 17.2. The third-order valence-corrected chi connectivity index (χ3v) is 6.66. The maximum absolute atomic E-state index is 12.9. The minimum atomic E-state index is -0.0329.